The highest BCUT2D eigenvalue weighted by atomic mass is 14.8. The van der Waals surface area contributed by atoms with Crippen LogP contribution in [0.2, 0.25) is 0 Å². The van der Waals surface area contributed by atoms with Crippen molar-refractivity contribution in [2.24, 2.45) is 4.99 Å². The summed E-state index contributed by atoms with van der Waals surface area (Å²) in [6, 6.07) is 17.1. The first-order valence-electron chi connectivity index (χ1n) is 6.99. The molecule has 20 heavy (non-hydrogen) atoms. The Morgan fingerprint density at radius 2 is 1.60 bits per heavy atom. The minimum atomic E-state index is 0.978. The smallest absolute Gasteiger partial charge is 0.0788 e. The van der Waals surface area contributed by atoms with Crippen LogP contribution in [0.3, 0.4) is 0 Å². The lowest BCUT2D eigenvalue weighted by atomic mass is 9.88. The Hall–Kier alpha value is -2.41. The number of para-hydroxylation sites is 1. The largest absolute Gasteiger partial charge is 0.247 e. The predicted molar refractivity (Wildman–Crippen MR) is 85.3 cm³/mol. The second-order valence-corrected chi connectivity index (χ2v) is 5.31. The van der Waals surface area contributed by atoms with E-state index in [4.69, 9.17) is 4.99 Å². The third kappa shape index (κ3) is 1.67. The molecule has 2 aromatic rings. The lowest BCUT2D eigenvalue weighted by Gasteiger charge is -2.14. The van der Waals surface area contributed by atoms with E-state index < -0.39 is 0 Å². The van der Waals surface area contributed by atoms with E-state index in [1.54, 1.807) is 0 Å². The molecule has 2 aliphatic rings. The molecule has 0 spiro atoms. The highest BCUT2D eigenvalue weighted by molar-refractivity contribution is 6.48. The van der Waals surface area contributed by atoms with Crippen LogP contribution in [0.4, 0.5) is 5.69 Å². The van der Waals surface area contributed by atoms with Crippen LogP contribution in [0, 0.1) is 6.92 Å². The molecule has 0 radical (unpaired) electrons. The van der Waals surface area contributed by atoms with Crippen molar-refractivity contribution in [2.75, 3.05) is 0 Å². The maximum Gasteiger partial charge on any atom is 0.0788 e. The quantitative estimate of drug-likeness (QED) is 0.685. The van der Waals surface area contributed by atoms with E-state index in [2.05, 4.69) is 67.6 Å². The van der Waals surface area contributed by atoms with Crippen molar-refractivity contribution in [1.82, 2.24) is 0 Å². The highest BCUT2D eigenvalue weighted by Crippen LogP contribution is 2.41. The molecule has 0 fully saturated rings. The molecule has 1 nitrogen and oxygen atoms in total. The number of aliphatic imine (C=N–C) groups is 1. The van der Waals surface area contributed by atoms with E-state index in [1.807, 2.05) is 0 Å². The standard InChI is InChI=1S/C19H15N/c1-13-9-11-14(12-10-13)15-6-4-7-17-16-5-2-3-8-18(16)20-19(15)17/h2-3,5-12H,4H2,1H3. The number of aryl methyl sites for hydroxylation is 1. The molecule has 0 N–H and O–H groups in total. The molecule has 1 heteroatoms. The SMILES string of the molecule is Cc1ccc(C2=CCC=C3C2=Nc2ccccc23)cc1. The van der Waals surface area contributed by atoms with Gasteiger partial charge >= 0.3 is 0 Å². The van der Waals surface area contributed by atoms with Gasteiger partial charge in [0.05, 0.1) is 11.4 Å². The molecular weight excluding hydrogens is 242 g/mol. The molecule has 1 aliphatic carbocycles. The van der Waals surface area contributed by atoms with Crippen LogP contribution in [0.25, 0.3) is 11.1 Å². The lowest BCUT2D eigenvalue weighted by Crippen LogP contribution is -2.05. The Morgan fingerprint density at radius 1 is 0.850 bits per heavy atom. The number of hydrogen-bond acceptors (Lipinski definition) is 1. The van der Waals surface area contributed by atoms with Crippen molar-refractivity contribution < 1.29 is 0 Å². The molecule has 0 saturated heterocycles. The fourth-order valence-electron chi connectivity index (χ4n) is 2.90. The van der Waals surface area contributed by atoms with Gasteiger partial charge in [-0.05, 0) is 25.0 Å². The summed E-state index contributed by atoms with van der Waals surface area (Å²) in [6.07, 6.45) is 5.53. The van der Waals surface area contributed by atoms with Gasteiger partial charge in [0, 0.05) is 16.7 Å². The Kier molecular flexibility index (Phi) is 2.46. The zero-order valence-corrected chi connectivity index (χ0v) is 11.4. The molecule has 2 aromatic carbocycles. The fourth-order valence-corrected chi connectivity index (χ4v) is 2.90. The van der Waals surface area contributed by atoms with Crippen molar-refractivity contribution in [2.45, 2.75) is 13.3 Å². The molecule has 1 aliphatic heterocycles. The molecule has 0 atom stereocenters. The first-order chi connectivity index (χ1) is 9.83. The van der Waals surface area contributed by atoms with Crippen molar-refractivity contribution in [3.05, 3.63) is 77.4 Å². The summed E-state index contributed by atoms with van der Waals surface area (Å²) < 4.78 is 0. The highest BCUT2D eigenvalue weighted by Gasteiger charge is 2.25. The van der Waals surface area contributed by atoms with E-state index in [1.165, 1.54) is 27.8 Å². The number of hydrogen-bond donors (Lipinski definition) is 0. The van der Waals surface area contributed by atoms with Gasteiger partial charge in [-0.3, -0.25) is 0 Å². The summed E-state index contributed by atoms with van der Waals surface area (Å²) in [7, 11) is 0. The van der Waals surface area contributed by atoms with Gasteiger partial charge in [-0.2, -0.15) is 0 Å². The van der Waals surface area contributed by atoms with Crippen molar-refractivity contribution in [3.63, 3.8) is 0 Å². The average molecular weight is 257 g/mol. The van der Waals surface area contributed by atoms with E-state index in [9.17, 15) is 0 Å². The summed E-state index contributed by atoms with van der Waals surface area (Å²) in [6.45, 7) is 2.12. The van der Waals surface area contributed by atoms with Crippen LogP contribution in [-0.2, 0) is 0 Å². The third-order valence-corrected chi connectivity index (χ3v) is 3.94. The van der Waals surface area contributed by atoms with Crippen LogP contribution in [0.15, 0.2) is 65.7 Å². The molecule has 0 saturated carbocycles. The van der Waals surface area contributed by atoms with Gasteiger partial charge < -0.3 is 0 Å². The predicted octanol–water partition coefficient (Wildman–Crippen LogP) is 4.95. The molecule has 96 valence electrons. The first-order valence-corrected chi connectivity index (χ1v) is 6.99. The zero-order valence-electron chi connectivity index (χ0n) is 11.4. The Bertz CT molecular complexity index is 774. The number of fused-ring (bicyclic) bond motifs is 3. The Balaban J connectivity index is 1.82. The maximum atomic E-state index is 4.83. The minimum Gasteiger partial charge on any atom is -0.247 e. The van der Waals surface area contributed by atoms with Gasteiger partial charge in [-0.1, -0.05) is 60.2 Å². The summed E-state index contributed by atoms with van der Waals surface area (Å²) in [4.78, 5) is 4.83. The van der Waals surface area contributed by atoms with E-state index in [-0.39, 0.29) is 0 Å². The maximum absolute atomic E-state index is 4.83. The first kappa shape index (κ1) is 11.4. The molecule has 0 amide bonds. The Morgan fingerprint density at radius 3 is 2.45 bits per heavy atom. The Labute approximate surface area is 119 Å². The average Bonchev–Trinajstić information content (AvgIpc) is 2.87. The number of rotatable bonds is 1. The van der Waals surface area contributed by atoms with Crippen LogP contribution >= 0.6 is 0 Å². The third-order valence-electron chi connectivity index (χ3n) is 3.94. The fraction of sp³-hybridized carbons (Fsp3) is 0.105. The van der Waals surface area contributed by atoms with Gasteiger partial charge in [-0.25, -0.2) is 4.99 Å². The van der Waals surface area contributed by atoms with Crippen LogP contribution in [-0.4, -0.2) is 5.71 Å². The van der Waals surface area contributed by atoms with E-state index >= 15 is 0 Å². The summed E-state index contributed by atoms with van der Waals surface area (Å²) in [5.41, 5.74) is 8.58. The van der Waals surface area contributed by atoms with Gasteiger partial charge in [0.25, 0.3) is 0 Å². The number of benzene rings is 2. The topological polar surface area (TPSA) is 12.4 Å². The molecule has 0 unspecified atom stereocenters. The second-order valence-electron chi connectivity index (χ2n) is 5.31. The monoisotopic (exact) mass is 257 g/mol. The van der Waals surface area contributed by atoms with Crippen LogP contribution in [0.1, 0.15) is 23.1 Å². The molecule has 1 heterocycles. The number of allylic oxidation sites excluding steroid dienone is 4. The minimum absolute atomic E-state index is 0.978. The zero-order chi connectivity index (χ0) is 13.5. The molecule has 4 rings (SSSR count). The second kappa shape index (κ2) is 4.31. The normalized spacial score (nSPS) is 15.9. The van der Waals surface area contributed by atoms with Crippen molar-refractivity contribution >= 4 is 22.5 Å². The van der Waals surface area contributed by atoms with Crippen molar-refractivity contribution in [3.8, 4) is 0 Å². The summed E-state index contributed by atoms with van der Waals surface area (Å²) in [5.74, 6) is 0. The van der Waals surface area contributed by atoms with Crippen molar-refractivity contribution in [1.29, 1.82) is 0 Å². The van der Waals surface area contributed by atoms with Gasteiger partial charge in [-0.15, -0.1) is 0 Å². The molecule has 0 bridgehead atoms. The van der Waals surface area contributed by atoms with E-state index in [0.29, 0.717) is 0 Å². The summed E-state index contributed by atoms with van der Waals surface area (Å²) in [5, 5.41) is 0. The number of nitrogens with zero attached hydrogens (tertiary/aromatic N) is 1. The molecule has 0 aromatic heterocycles. The molecular formula is C19H15N. The van der Waals surface area contributed by atoms with E-state index in [0.717, 1.165) is 17.8 Å². The lowest BCUT2D eigenvalue weighted by molar-refractivity contribution is 1.39. The summed E-state index contributed by atoms with van der Waals surface area (Å²) >= 11 is 0. The van der Waals surface area contributed by atoms with Gasteiger partial charge in [0.1, 0.15) is 0 Å². The van der Waals surface area contributed by atoms with Gasteiger partial charge in [0.15, 0.2) is 0 Å². The van der Waals surface area contributed by atoms with Gasteiger partial charge in [0.2, 0.25) is 0 Å². The van der Waals surface area contributed by atoms with Crippen LogP contribution < -0.4 is 0 Å². The van der Waals surface area contributed by atoms with Crippen LogP contribution in [0.5, 0.6) is 0 Å².